The fourth-order valence-electron chi connectivity index (χ4n) is 4.44. The molecule has 178 valence electrons. The Bertz CT molecular complexity index is 1050. The molecule has 0 saturated carbocycles. The summed E-state index contributed by atoms with van der Waals surface area (Å²) < 4.78 is 13.2. The number of carbonyl (C=O) groups excluding carboxylic acids is 1. The molecule has 0 bridgehead atoms. The van der Waals surface area contributed by atoms with Crippen LogP contribution in [0.2, 0.25) is 0 Å². The third-order valence-electron chi connectivity index (χ3n) is 6.44. The molecule has 1 aliphatic rings. The minimum absolute atomic E-state index is 0.0514. The van der Waals surface area contributed by atoms with E-state index in [0.717, 1.165) is 37.4 Å². The SMILES string of the molecule is CN(C)c1ccc(C(CNC(=O)Cc2ccc(F)cc2)N2CCN(c3ccccc3)CC2)cc1. The summed E-state index contributed by atoms with van der Waals surface area (Å²) in [6.07, 6.45) is 0.244. The van der Waals surface area contributed by atoms with E-state index in [1.165, 1.54) is 23.4 Å². The van der Waals surface area contributed by atoms with Gasteiger partial charge in [0.15, 0.2) is 0 Å². The average Bonchev–Trinajstić information content (AvgIpc) is 2.87. The van der Waals surface area contributed by atoms with Gasteiger partial charge in [-0.3, -0.25) is 9.69 Å². The normalized spacial score (nSPS) is 15.1. The Morgan fingerprint density at radius 3 is 2.18 bits per heavy atom. The van der Waals surface area contributed by atoms with Crippen LogP contribution < -0.4 is 15.1 Å². The lowest BCUT2D eigenvalue weighted by molar-refractivity contribution is -0.120. The van der Waals surface area contributed by atoms with Crippen molar-refractivity contribution in [3.63, 3.8) is 0 Å². The van der Waals surface area contributed by atoms with Crippen molar-refractivity contribution in [2.45, 2.75) is 12.5 Å². The van der Waals surface area contributed by atoms with E-state index in [4.69, 9.17) is 0 Å². The van der Waals surface area contributed by atoms with Gasteiger partial charge in [-0.15, -0.1) is 0 Å². The molecular formula is C28H33FN4O. The van der Waals surface area contributed by atoms with E-state index >= 15 is 0 Å². The molecule has 0 spiro atoms. The van der Waals surface area contributed by atoms with Crippen LogP contribution in [0, 0.1) is 5.82 Å². The van der Waals surface area contributed by atoms with Gasteiger partial charge in [-0.2, -0.15) is 0 Å². The predicted octanol–water partition coefficient (Wildman–Crippen LogP) is 4.11. The van der Waals surface area contributed by atoms with E-state index in [2.05, 4.69) is 68.5 Å². The quantitative estimate of drug-likeness (QED) is 0.549. The zero-order chi connectivity index (χ0) is 23.9. The number of piperazine rings is 1. The third-order valence-corrected chi connectivity index (χ3v) is 6.44. The third kappa shape index (κ3) is 6.14. The fraction of sp³-hybridized carbons (Fsp3) is 0.321. The van der Waals surface area contributed by atoms with Gasteiger partial charge in [0.05, 0.1) is 12.5 Å². The Hall–Kier alpha value is -3.38. The van der Waals surface area contributed by atoms with Gasteiger partial charge >= 0.3 is 0 Å². The van der Waals surface area contributed by atoms with Crippen LogP contribution in [0.15, 0.2) is 78.9 Å². The van der Waals surface area contributed by atoms with Crippen LogP contribution in [-0.4, -0.2) is 57.6 Å². The first-order chi connectivity index (χ1) is 16.5. The highest BCUT2D eigenvalue weighted by Gasteiger charge is 2.26. The molecule has 1 N–H and O–H groups in total. The van der Waals surface area contributed by atoms with Crippen LogP contribution in [0.5, 0.6) is 0 Å². The molecule has 1 heterocycles. The second kappa shape index (κ2) is 11.2. The van der Waals surface area contributed by atoms with E-state index in [1.807, 2.05) is 20.2 Å². The number of halogens is 1. The Morgan fingerprint density at radius 1 is 0.912 bits per heavy atom. The monoisotopic (exact) mass is 460 g/mol. The van der Waals surface area contributed by atoms with Gasteiger partial charge in [-0.25, -0.2) is 4.39 Å². The number of anilines is 2. The lowest BCUT2D eigenvalue weighted by Gasteiger charge is -2.40. The Morgan fingerprint density at radius 2 is 1.56 bits per heavy atom. The number of carbonyl (C=O) groups is 1. The minimum atomic E-state index is -0.292. The maximum atomic E-state index is 13.2. The van der Waals surface area contributed by atoms with Gasteiger partial charge in [0, 0.05) is 58.2 Å². The molecule has 1 amide bonds. The van der Waals surface area contributed by atoms with E-state index in [1.54, 1.807) is 12.1 Å². The molecule has 34 heavy (non-hydrogen) atoms. The molecule has 0 radical (unpaired) electrons. The number of hydrogen-bond donors (Lipinski definition) is 1. The zero-order valence-corrected chi connectivity index (χ0v) is 20.0. The second-order valence-corrected chi connectivity index (χ2v) is 8.97. The lowest BCUT2D eigenvalue weighted by atomic mass is 10.0. The van der Waals surface area contributed by atoms with Crippen molar-refractivity contribution in [1.29, 1.82) is 0 Å². The van der Waals surface area contributed by atoms with Crippen LogP contribution in [0.3, 0.4) is 0 Å². The molecule has 1 fully saturated rings. The summed E-state index contributed by atoms with van der Waals surface area (Å²) >= 11 is 0. The van der Waals surface area contributed by atoms with E-state index < -0.39 is 0 Å². The summed E-state index contributed by atoms with van der Waals surface area (Å²) in [5, 5.41) is 3.12. The number of benzene rings is 3. The van der Waals surface area contributed by atoms with Crippen molar-refractivity contribution in [3.8, 4) is 0 Å². The van der Waals surface area contributed by atoms with Gasteiger partial charge in [0.1, 0.15) is 5.82 Å². The first-order valence-corrected chi connectivity index (χ1v) is 11.8. The number of nitrogens with zero attached hydrogens (tertiary/aromatic N) is 3. The molecule has 1 unspecified atom stereocenters. The molecule has 5 nitrogen and oxygen atoms in total. The molecule has 4 rings (SSSR count). The molecule has 0 aliphatic carbocycles. The summed E-state index contributed by atoms with van der Waals surface area (Å²) in [6, 6.07) is 25.3. The smallest absolute Gasteiger partial charge is 0.224 e. The second-order valence-electron chi connectivity index (χ2n) is 8.97. The van der Waals surface area contributed by atoms with Crippen LogP contribution in [0.1, 0.15) is 17.2 Å². The first kappa shape index (κ1) is 23.8. The van der Waals surface area contributed by atoms with Crippen molar-refractivity contribution in [2.75, 3.05) is 56.6 Å². The number of rotatable bonds is 8. The largest absolute Gasteiger partial charge is 0.378 e. The topological polar surface area (TPSA) is 38.8 Å². The molecule has 3 aromatic rings. The van der Waals surface area contributed by atoms with Crippen molar-refractivity contribution >= 4 is 17.3 Å². The molecule has 1 aliphatic heterocycles. The maximum absolute atomic E-state index is 13.2. The van der Waals surface area contributed by atoms with Gasteiger partial charge < -0.3 is 15.1 Å². The molecule has 6 heteroatoms. The average molecular weight is 461 g/mol. The maximum Gasteiger partial charge on any atom is 0.224 e. The Labute approximate surface area is 201 Å². The summed E-state index contributed by atoms with van der Waals surface area (Å²) in [5.41, 5.74) is 4.40. The van der Waals surface area contributed by atoms with Crippen molar-refractivity contribution < 1.29 is 9.18 Å². The predicted molar refractivity (Wildman–Crippen MR) is 137 cm³/mol. The van der Waals surface area contributed by atoms with Gasteiger partial charge in [0.2, 0.25) is 5.91 Å². The van der Waals surface area contributed by atoms with Crippen molar-refractivity contribution in [3.05, 3.63) is 95.8 Å². The molecule has 1 atom stereocenters. The Kier molecular flexibility index (Phi) is 7.80. The van der Waals surface area contributed by atoms with E-state index in [0.29, 0.717) is 6.54 Å². The lowest BCUT2D eigenvalue weighted by Crippen LogP contribution is -2.50. The standard InChI is InChI=1S/C28H33FN4O/c1-31(2)25-14-10-23(11-15-25)27(21-30-28(34)20-22-8-12-24(29)13-9-22)33-18-16-32(17-19-33)26-6-4-3-5-7-26/h3-15,27H,16-21H2,1-2H3,(H,30,34). The molecule has 1 saturated heterocycles. The number of nitrogens with one attached hydrogen (secondary N) is 1. The van der Waals surface area contributed by atoms with Crippen LogP contribution in [0.4, 0.5) is 15.8 Å². The fourth-order valence-corrected chi connectivity index (χ4v) is 4.44. The van der Waals surface area contributed by atoms with Crippen molar-refractivity contribution in [2.24, 2.45) is 0 Å². The molecular weight excluding hydrogens is 427 g/mol. The first-order valence-electron chi connectivity index (χ1n) is 11.8. The molecule has 3 aromatic carbocycles. The highest BCUT2D eigenvalue weighted by atomic mass is 19.1. The van der Waals surface area contributed by atoms with E-state index in [9.17, 15) is 9.18 Å². The van der Waals surface area contributed by atoms with Crippen molar-refractivity contribution in [1.82, 2.24) is 10.2 Å². The van der Waals surface area contributed by atoms with Gasteiger partial charge in [-0.1, -0.05) is 42.5 Å². The highest BCUT2D eigenvalue weighted by Crippen LogP contribution is 2.25. The number of amides is 1. The summed E-state index contributed by atoms with van der Waals surface area (Å²) in [4.78, 5) is 19.6. The number of para-hydroxylation sites is 1. The van der Waals surface area contributed by atoms with Crippen LogP contribution >= 0.6 is 0 Å². The van der Waals surface area contributed by atoms with E-state index in [-0.39, 0.29) is 24.2 Å². The number of hydrogen-bond acceptors (Lipinski definition) is 4. The van der Waals surface area contributed by atoms with Gasteiger partial charge in [-0.05, 0) is 47.5 Å². The van der Waals surface area contributed by atoms with Crippen LogP contribution in [0.25, 0.3) is 0 Å². The highest BCUT2D eigenvalue weighted by molar-refractivity contribution is 5.78. The van der Waals surface area contributed by atoms with Crippen LogP contribution in [-0.2, 0) is 11.2 Å². The zero-order valence-electron chi connectivity index (χ0n) is 20.0. The minimum Gasteiger partial charge on any atom is -0.378 e. The summed E-state index contributed by atoms with van der Waals surface area (Å²) in [6.45, 7) is 4.26. The Balaban J connectivity index is 1.43. The molecule has 0 aromatic heterocycles. The van der Waals surface area contributed by atoms with Gasteiger partial charge in [0.25, 0.3) is 0 Å². The summed E-state index contributed by atoms with van der Waals surface area (Å²) in [7, 11) is 4.07. The summed E-state index contributed by atoms with van der Waals surface area (Å²) in [5.74, 6) is -0.343.